The van der Waals surface area contributed by atoms with Crippen LogP contribution in [-0.4, -0.2) is 7.85 Å². The predicted octanol–water partition coefficient (Wildman–Crippen LogP) is 3.74. The van der Waals surface area contributed by atoms with Crippen molar-refractivity contribution in [2.75, 3.05) is 0 Å². The lowest BCUT2D eigenvalue weighted by Crippen LogP contribution is -2.13. The molecule has 72 valence electrons. The van der Waals surface area contributed by atoms with Crippen molar-refractivity contribution in [2.45, 2.75) is 51.8 Å². The molecule has 0 saturated heterocycles. The van der Waals surface area contributed by atoms with Crippen LogP contribution in [0.2, 0.25) is 6.32 Å². The second-order valence-electron chi connectivity index (χ2n) is 4.63. The van der Waals surface area contributed by atoms with Crippen molar-refractivity contribution in [3.8, 4) is 0 Å². The third-order valence-electron chi connectivity index (χ3n) is 3.12. The van der Waals surface area contributed by atoms with Gasteiger partial charge in [0.1, 0.15) is 0 Å². The normalized spacial score (nSPS) is 28.7. The zero-order valence-electron chi connectivity index (χ0n) is 8.89. The van der Waals surface area contributed by atoms with Crippen molar-refractivity contribution in [1.82, 2.24) is 0 Å². The van der Waals surface area contributed by atoms with Crippen LogP contribution in [0.4, 0.5) is 0 Å². The lowest BCUT2D eigenvalue weighted by atomic mass is 9.78. The summed E-state index contributed by atoms with van der Waals surface area (Å²) < 4.78 is 0. The minimum Gasteiger partial charge on any atom is -0.0999 e. The SMILES string of the molecule is [B]CCC(=C)CC1CCCC(C)C1. The summed E-state index contributed by atoms with van der Waals surface area (Å²) in [5.74, 6) is 1.84. The molecule has 0 aromatic carbocycles. The molecule has 0 spiro atoms. The van der Waals surface area contributed by atoms with E-state index < -0.39 is 0 Å². The maximum absolute atomic E-state index is 5.50. The molecule has 0 amide bonds. The molecule has 2 unspecified atom stereocenters. The standard InChI is InChI=1S/C12H21B/c1-10-4-3-5-12(8-10)9-11(2)6-7-13/h10,12H,2-9H2,1H3. The predicted molar refractivity (Wildman–Crippen MR) is 60.1 cm³/mol. The van der Waals surface area contributed by atoms with Gasteiger partial charge in [0.15, 0.2) is 0 Å². The zero-order chi connectivity index (χ0) is 9.68. The third-order valence-corrected chi connectivity index (χ3v) is 3.12. The summed E-state index contributed by atoms with van der Waals surface area (Å²) >= 11 is 0. The summed E-state index contributed by atoms with van der Waals surface area (Å²) in [5, 5.41) is 0. The van der Waals surface area contributed by atoms with E-state index in [2.05, 4.69) is 13.5 Å². The van der Waals surface area contributed by atoms with Gasteiger partial charge in [-0.3, -0.25) is 0 Å². The van der Waals surface area contributed by atoms with Gasteiger partial charge in [-0.15, -0.1) is 0 Å². The van der Waals surface area contributed by atoms with E-state index in [1.54, 1.807) is 0 Å². The van der Waals surface area contributed by atoms with Gasteiger partial charge >= 0.3 is 0 Å². The topological polar surface area (TPSA) is 0 Å². The third kappa shape index (κ3) is 4.02. The van der Waals surface area contributed by atoms with E-state index in [0.717, 1.165) is 24.6 Å². The molecule has 1 rings (SSSR count). The molecule has 0 aromatic heterocycles. The van der Waals surface area contributed by atoms with Gasteiger partial charge in [0.2, 0.25) is 0 Å². The Kier molecular flexibility index (Phi) is 4.62. The highest BCUT2D eigenvalue weighted by atomic mass is 14.2. The summed E-state index contributed by atoms with van der Waals surface area (Å²) in [4.78, 5) is 0. The lowest BCUT2D eigenvalue weighted by Gasteiger charge is -2.27. The highest BCUT2D eigenvalue weighted by Crippen LogP contribution is 2.32. The summed E-state index contributed by atoms with van der Waals surface area (Å²) in [6, 6.07) is 0. The van der Waals surface area contributed by atoms with Gasteiger partial charge in [-0.2, -0.15) is 0 Å². The molecule has 0 aromatic rings. The van der Waals surface area contributed by atoms with Gasteiger partial charge in [-0.25, -0.2) is 0 Å². The molecule has 1 saturated carbocycles. The van der Waals surface area contributed by atoms with Gasteiger partial charge < -0.3 is 0 Å². The maximum atomic E-state index is 5.50. The fourth-order valence-electron chi connectivity index (χ4n) is 2.46. The molecule has 2 atom stereocenters. The quantitative estimate of drug-likeness (QED) is 0.452. The summed E-state index contributed by atoms with van der Waals surface area (Å²) in [5.41, 5.74) is 1.36. The van der Waals surface area contributed by atoms with Crippen molar-refractivity contribution in [3.63, 3.8) is 0 Å². The Labute approximate surface area is 84.2 Å². The molecule has 0 bridgehead atoms. The van der Waals surface area contributed by atoms with E-state index in [9.17, 15) is 0 Å². The lowest BCUT2D eigenvalue weighted by molar-refractivity contribution is 0.280. The van der Waals surface area contributed by atoms with Crippen molar-refractivity contribution in [1.29, 1.82) is 0 Å². The van der Waals surface area contributed by atoms with Crippen LogP contribution in [0, 0.1) is 11.8 Å². The van der Waals surface area contributed by atoms with Crippen molar-refractivity contribution >= 4 is 7.85 Å². The molecule has 1 aliphatic rings. The van der Waals surface area contributed by atoms with Crippen LogP contribution >= 0.6 is 0 Å². The van der Waals surface area contributed by atoms with Crippen LogP contribution in [0.25, 0.3) is 0 Å². The minimum atomic E-state index is 0.765. The summed E-state index contributed by atoms with van der Waals surface area (Å²) in [6.45, 7) is 6.46. The van der Waals surface area contributed by atoms with Crippen LogP contribution in [-0.2, 0) is 0 Å². The van der Waals surface area contributed by atoms with Gasteiger partial charge in [-0.05, 0) is 31.1 Å². The van der Waals surface area contributed by atoms with E-state index in [4.69, 9.17) is 7.85 Å². The molecule has 0 aliphatic heterocycles. The van der Waals surface area contributed by atoms with Crippen LogP contribution in [0.15, 0.2) is 12.2 Å². The first-order valence-electron chi connectivity index (χ1n) is 5.59. The average molecular weight is 176 g/mol. The maximum Gasteiger partial charge on any atom is 0.0657 e. The second kappa shape index (κ2) is 5.52. The van der Waals surface area contributed by atoms with Crippen molar-refractivity contribution < 1.29 is 0 Å². The van der Waals surface area contributed by atoms with Crippen LogP contribution in [0.5, 0.6) is 0 Å². The molecule has 1 heteroatoms. The first kappa shape index (κ1) is 10.9. The Morgan fingerprint density at radius 1 is 1.46 bits per heavy atom. The van der Waals surface area contributed by atoms with Gasteiger partial charge in [-0.1, -0.05) is 44.7 Å². The monoisotopic (exact) mass is 176 g/mol. The molecule has 13 heavy (non-hydrogen) atoms. The van der Waals surface area contributed by atoms with Crippen LogP contribution in [0.1, 0.15) is 45.4 Å². The fraction of sp³-hybridized carbons (Fsp3) is 0.833. The molecule has 1 aliphatic carbocycles. The molecule has 1 fully saturated rings. The number of hydrogen-bond donors (Lipinski definition) is 0. The van der Waals surface area contributed by atoms with E-state index >= 15 is 0 Å². The Morgan fingerprint density at radius 3 is 2.85 bits per heavy atom. The molecular weight excluding hydrogens is 155 g/mol. The number of rotatable bonds is 4. The van der Waals surface area contributed by atoms with Gasteiger partial charge in [0, 0.05) is 0 Å². The highest BCUT2D eigenvalue weighted by Gasteiger charge is 2.18. The van der Waals surface area contributed by atoms with Gasteiger partial charge in [0.25, 0.3) is 0 Å². The molecule has 0 nitrogen and oxygen atoms in total. The minimum absolute atomic E-state index is 0.765. The Balaban J connectivity index is 2.23. The summed E-state index contributed by atoms with van der Waals surface area (Å²) in [6.07, 6.45) is 8.67. The average Bonchev–Trinajstić information content (AvgIpc) is 2.04. The molecule has 2 radical (unpaired) electrons. The van der Waals surface area contributed by atoms with Gasteiger partial charge in [0.05, 0.1) is 7.85 Å². The van der Waals surface area contributed by atoms with E-state index in [1.165, 1.54) is 37.7 Å². The molecule has 0 heterocycles. The van der Waals surface area contributed by atoms with Crippen molar-refractivity contribution in [2.24, 2.45) is 11.8 Å². The molecular formula is C12H21B. The zero-order valence-corrected chi connectivity index (χ0v) is 8.89. The summed E-state index contributed by atoms with van der Waals surface area (Å²) in [7, 11) is 5.50. The first-order valence-corrected chi connectivity index (χ1v) is 5.59. The van der Waals surface area contributed by atoms with Crippen LogP contribution < -0.4 is 0 Å². The number of allylic oxidation sites excluding steroid dienone is 1. The Bertz CT molecular complexity index is 163. The van der Waals surface area contributed by atoms with E-state index in [1.807, 2.05) is 0 Å². The van der Waals surface area contributed by atoms with Crippen LogP contribution in [0.3, 0.4) is 0 Å². The number of hydrogen-bond acceptors (Lipinski definition) is 0. The molecule has 0 N–H and O–H groups in total. The fourth-order valence-corrected chi connectivity index (χ4v) is 2.46. The largest absolute Gasteiger partial charge is 0.0999 e. The highest BCUT2D eigenvalue weighted by molar-refractivity contribution is 6.08. The van der Waals surface area contributed by atoms with E-state index in [-0.39, 0.29) is 0 Å². The second-order valence-corrected chi connectivity index (χ2v) is 4.63. The smallest absolute Gasteiger partial charge is 0.0657 e. The van der Waals surface area contributed by atoms with E-state index in [0.29, 0.717) is 0 Å². The first-order chi connectivity index (χ1) is 6.22. The van der Waals surface area contributed by atoms with Crippen molar-refractivity contribution in [3.05, 3.63) is 12.2 Å². The Morgan fingerprint density at radius 2 is 2.23 bits per heavy atom. The Hall–Kier alpha value is -0.195.